The van der Waals surface area contributed by atoms with Gasteiger partial charge in [0.05, 0.1) is 13.2 Å². The van der Waals surface area contributed by atoms with E-state index in [1.807, 2.05) is 59.3 Å². The van der Waals surface area contributed by atoms with Crippen LogP contribution in [0.2, 0.25) is 0 Å². The third-order valence-electron chi connectivity index (χ3n) is 5.79. The van der Waals surface area contributed by atoms with Crippen molar-refractivity contribution in [3.8, 4) is 17.1 Å². The second-order valence-corrected chi connectivity index (χ2v) is 9.24. The van der Waals surface area contributed by atoms with E-state index >= 15 is 0 Å². The normalized spacial score (nSPS) is 16.9. The Hall–Kier alpha value is -3.78. The molecule has 0 radical (unpaired) electrons. The van der Waals surface area contributed by atoms with Crippen LogP contribution in [0.25, 0.3) is 11.4 Å². The molecule has 1 aliphatic heterocycles. The fraction of sp³-hybridized carbons (Fsp3) is 0.192. The van der Waals surface area contributed by atoms with Gasteiger partial charge in [-0.25, -0.2) is 4.68 Å². The largest absolute Gasteiger partial charge is 0.497 e. The Bertz CT molecular complexity index is 1270. The highest BCUT2D eigenvalue weighted by atomic mass is 32.2. The van der Waals surface area contributed by atoms with E-state index in [0.717, 1.165) is 28.3 Å². The molecule has 0 spiro atoms. The van der Waals surface area contributed by atoms with Gasteiger partial charge in [-0.15, -0.1) is 10.2 Å². The first-order chi connectivity index (χ1) is 16.6. The molecule has 1 amide bonds. The average molecular weight is 472 g/mol. The number of amides is 1. The van der Waals surface area contributed by atoms with Crippen molar-refractivity contribution in [2.45, 2.75) is 29.9 Å². The Morgan fingerprint density at radius 3 is 2.47 bits per heavy atom. The molecule has 172 valence electrons. The number of thioether (sulfide) groups is 1. The van der Waals surface area contributed by atoms with Gasteiger partial charge in [0, 0.05) is 12.1 Å². The van der Waals surface area contributed by atoms with E-state index in [-0.39, 0.29) is 11.9 Å². The van der Waals surface area contributed by atoms with E-state index in [9.17, 15) is 4.79 Å². The number of ether oxygens (including phenoxy) is 1. The van der Waals surface area contributed by atoms with Crippen LogP contribution in [0.1, 0.15) is 22.7 Å². The summed E-state index contributed by atoms with van der Waals surface area (Å²) in [5.41, 5.74) is 7.68. The van der Waals surface area contributed by atoms with Crippen LogP contribution >= 0.6 is 11.8 Å². The molecule has 0 fully saturated rings. The molecule has 8 heteroatoms. The second-order valence-electron chi connectivity index (χ2n) is 8.13. The highest BCUT2D eigenvalue weighted by Crippen LogP contribution is 2.38. The summed E-state index contributed by atoms with van der Waals surface area (Å²) in [4.78, 5) is 13.4. The summed E-state index contributed by atoms with van der Waals surface area (Å²) in [6.45, 7) is 2.49. The molecule has 0 unspecified atom stereocenters. The SMILES string of the molecule is COc1ccc(CNC(=O)[C@H]2Sc3nnc(-c4ccccc4)n3N[C@@H]2c2ccc(C)cc2)cc1. The molecule has 2 N–H and O–H groups in total. The fourth-order valence-electron chi connectivity index (χ4n) is 3.89. The Morgan fingerprint density at radius 1 is 1.03 bits per heavy atom. The molecule has 0 aliphatic carbocycles. The third kappa shape index (κ3) is 4.49. The minimum Gasteiger partial charge on any atom is -0.497 e. The first-order valence-electron chi connectivity index (χ1n) is 11.0. The Kier molecular flexibility index (Phi) is 6.22. The number of nitrogens with zero attached hydrogens (tertiary/aromatic N) is 3. The number of fused-ring (bicyclic) bond motifs is 1. The van der Waals surface area contributed by atoms with E-state index in [0.29, 0.717) is 11.7 Å². The molecule has 1 aromatic heterocycles. The minimum absolute atomic E-state index is 0.0607. The molecule has 0 saturated heterocycles. The van der Waals surface area contributed by atoms with Crippen LogP contribution in [0, 0.1) is 6.92 Å². The van der Waals surface area contributed by atoms with Gasteiger partial charge >= 0.3 is 0 Å². The van der Waals surface area contributed by atoms with Crippen LogP contribution in [0.4, 0.5) is 0 Å². The van der Waals surface area contributed by atoms with Gasteiger partial charge in [-0.3, -0.25) is 4.79 Å². The molecule has 34 heavy (non-hydrogen) atoms. The molecule has 7 nitrogen and oxygen atoms in total. The standard InChI is InChI=1S/C26H25N5O2S/c1-17-8-12-19(13-9-17)22-23(25(32)27-16-18-10-14-21(33-2)15-11-18)34-26-29-28-24(31(26)30-22)20-6-4-3-5-7-20/h3-15,22-23,30H,16H2,1-2H3,(H,27,32)/t22-,23+/m1/s1. The molecule has 2 atom stereocenters. The van der Waals surface area contributed by atoms with Crippen molar-refractivity contribution in [1.29, 1.82) is 0 Å². The number of hydrogen-bond donors (Lipinski definition) is 2. The first kappa shape index (κ1) is 22.0. The monoisotopic (exact) mass is 471 g/mol. The van der Waals surface area contributed by atoms with E-state index in [2.05, 4.69) is 52.1 Å². The molecule has 5 rings (SSSR count). The van der Waals surface area contributed by atoms with Gasteiger partial charge in [-0.1, -0.05) is 84.1 Å². The molecule has 1 aliphatic rings. The number of carbonyl (C=O) groups is 1. The van der Waals surface area contributed by atoms with Crippen molar-refractivity contribution < 1.29 is 9.53 Å². The topological polar surface area (TPSA) is 81.1 Å². The molecule has 3 aromatic carbocycles. The lowest BCUT2D eigenvalue weighted by Crippen LogP contribution is -2.43. The van der Waals surface area contributed by atoms with Crippen molar-refractivity contribution in [2.75, 3.05) is 12.5 Å². The summed E-state index contributed by atoms with van der Waals surface area (Å²) in [5.74, 6) is 1.45. The molecule has 2 heterocycles. The first-order valence-corrected chi connectivity index (χ1v) is 11.9. The van der Waals surface area contributed by atoms with Gasteiger partial charge in [-0.05, 0) is 30.2 Å². The van der Waals surface area contributed by atoms with Gasteiger partial charge < -0.3 is 15.5 Å². The quantitative estimate of drug-likeness (QED) is 0.436. The number of aryl methyl sites for hydroxylation is 1. The van der Waals surface area contributed by atoms with Crippen molar-refractivity contribution >= 4 is 17.7 Å². The summed E-state index contributed by atoms with van der Waals surface area (Å²) in [5, 5.41) is 12.1. The van der Waals surface area contributed by atoms with E-state index in [1.54, 1.807) is 7.11 Å². The van der Waals surface area contributed by atoms with Gasteiger partial charge in [0.2, 0.25) is 11.1 Å². The molecule has 4 aromatic rings. The maximum absolute atomic E-state index is 13.4. The van der Waals surface area contributed by atoms with Crippen molar-refractivity contribution in [2.24, 2.45) is 0 Å². The van der Waals surface area contributed by atoms with E-state index < -0.39 is 5.25 Å². The fourth-order valence-corrected chi connectivity index (χ4v) is 4.99. The predicted octanol–water partition coefficient (Wildman–Crippen LogP) is 4.34. The van der Waals surface area contributed by atoms with Gasteiger partial charge in [0.15, 0.2) is 5.82 Å². The Morgan fingerprint density at radius 2 is 1.76 bits per heavy atom. The van der Waals surface area contributed by atoms with Crippen LogP contribution in [0.15, 0.2) is 84.0 Å². The van der Waals surface area contributed by atoms with Crippen LogP contribution in [0.5, 0.6) is 5.75 Å². The zero-order chi connectivity index (χ0) is 23.5. The van der Waals surface area contributed by atoms with Crippen LogP contribution in [-0.4, -0.2) is 33.1 Å². The molecule has 0 bridgehead atoms. The van der Waals surface area contributed by atoms with Crippen molar-refractivity contribution in [3.63, 3.8) is 0 Å². The third-order valence-corrected chi connectivity index (χ3v) is 7.00. The number of carbonyl (C=O) groups excluding carboxylic acids is 1. The number of hydrogen-bond acceptors (Lipinski definition) is 6. The van der Waals surface area contributed by atoms with Crippen LogP contribution < -0.4 is 15.5 Å². The van der Waals surface area contributed by atoms with Crippen LogP contribution in [-0.2, 0) is 11.3 Å². The Labute approximate surface area is 202 Å². The summed E-state index contributed by atoms with van der Waals surface area (Å²) in [7, 11) is 1.64. The lowest BCUT2D eigenvalue weighted by molar-refractivity contribution is -0.121. The van der Waals surface area contributed by atoms with E-state index in [1.165, 1.54) is 17.3 Å². The van der Waals surface area contributed by atoms with Crippen molar-refractivity contribution in [1.82, 2.24) is 20.2 Å². The maximum Gasteiger partial charge on any atom is 0.236 e. The minimum atomic E-state index is -0.415. The van der Waals surface area contributed by atoms with E-state index in [4.69, 9.17) is 4.74 Å². The predicted molar refractivity (Wildman–Crippen MR) is 133 cm³/mol. The summed E-state index contributed by atoms with van der Waals surface area (Å²) in [6, 6.07) is 25.6. The number of methoxy groups -OCH3 is 1. The lowest BCUT2D eigenvalue weighted by atomic mass is 10.0. The number of nitrogens with one attached hydrogen (secondary N) is 2. The van der Waals surface area contributed by atoms with Gasteiger partial charge in [0.1, 0.15) is 11.0 Å². The Balaban J connectivity index is 1.42. The zero-order valence-electron chi connectivity index (χ0n) is 18.9. The van der Waals surface area contributed by atoms with Gasteiger partial charge in [0.25, 0.3) is 0 Å². The van der Waals surface area contributed by atoms with Crippen LogP contribution in [0.3, 0.4) is 0 Å². The molecular formula is C26H25N5O2S. The smallest absolute Gasteiger partial charge is 0.236 e. The number of aromatic nitrogens is 3. The average Bonchev–Trinajstić information content (AvgIpc) is 3.31. The summed E-state index contributed by atoms with van der Waals surface area (Å²) in [6.07, 6.45) is 0. The maximum atomic E-state index is 13.4. The zero-order valence-corrected chi connectivity index (χ0v) is 19.8. The number of benzene rings is 3. The second kappa shape index (κ2) is 9.61. The lowest BCUT2D eigenvalue weighted by Gasteiger charge is -2.33. The summed E-state index contributed by atoms with van der Waals surface area (Å²) >= 11 is 1.42. The summed E-state index contributed by atoms with van der Waals surface area (Å²) < 4.78 is 7.10. The molecular weight excluding hydrogens is 446 g/mol. The highest BCUT2D eigenvalue weighted by molar-refractivity contribution is 8.00. The molecule has 0 saturated carbocycles. The van der Waals surface area contributed by atoms with Gasteiger partial charge in [-0.2, -0.15) is 0 Å². The number of rotatable bonds is 6. The van der Waals surface area contributed by atoms with Crippen molar-refractivity contribution in [3.05, 3.63) is 95.6 Å². The highest BCUT2D eigenvalue weighted by Gasteiger charge is 2.37.